The fourth-order valence-corrected chi connectivity index (χ4v) is 2.70. The first-order valence-corrected chi connectivity index (χ1v) is 8.33. The van der Waals surface area contributed by atoms with E-state index >= 15 is 0 Å². The van der Waals surface area contributed by atoms with E-state index in [2.05, 4.69) is 5.32 Å². The Morgan fingerprint density at radius 1 is 1.38 bits per heavy atom. The van der Waals surface area contributed by atoms with E-state index in [0.29, 0.717) is 26.1 Å². The van der Waals surface area contributed by atoms with Crippen LogP contribution < -0.4 is 11.1 Å². The second-order valence-corrected chi connectivity index (χ2v) is 7.19. The average Bonchev–Trinajstić information content (AvgIpc) is 2.40. The number of ether oxygens (including phenoxy) is 1. The maximum atomic E-state index is 12.3. The van der Waals surface area contributed by atoms with Crippen molar-refractivity contribution >= 4 is 21.4 Å². The number of carbonyl (C=O) groups is 1. The summed E-state index contributed by atoms with van der Waals surface area (Å²) in [5, 5.41) is 12.3. The van der Waals surface area contributed by atoms with Crippen LogP contribution in [0.5, 0.6) is 5.75 Å². The number of anilines is 1. The van der Waals surface area contributed by atoms with Crippen molar-refractivity contribution in [2.75, 3.05) is 24.8 Å². The molecule has 21 heavy (non-hydrogen) atoms. The molecule has 0 bridgehead atoms. The molecule has 1 aliphatic rings. The maximum Gasteiger partial charge on any atom is 0.244 e. The molecular formula is C13H18N2O5S. The summed E-state index contributed by atoms with van der Waals surface area (Å²) in [7, 11) is -3.43. The van der Waals surface area contributed by atoms with Gasteiger partial charge in [-0.1, -0.05) is 0 Å². The molecule has 0 atom stereocenters. The monoisotopic (exact) mass is 314 g/mol. The van der Waals surface area contributed by atoms with E-state index in [0.717, 1.165) is 6.26 Å². The number of nitrogens with two attached hydrogens (primary N) is 1. The van der Waals surface area contributed by atoms with Gasteiger partial charge in [0.05, 0.1) is 10.6 Å². The Morgan fingerprint density at radius 3 is 2.57 bits per heavy atom. The average molecular weight is 314 g/mol. The summed E-state index contributed by atoms with van der Waals surface area (Å²) in [6, 6.07) is 3.71. The first kappa shape index (κ1) is 15.7. The van der Waals surface area contributed by atoms with E-state index in [4.69, 9.17) is 10.5 Å². The number of rotatable bonds is 3. The minimum absolute atomic E-state index is 0.00801. The third-order valence-corrected chi connectivity index (χ3v) is 4.59. The van der Waals surface area contributed by atoms with Crippen molar-refractivity contribution in [3.8, 4) is 5.75 Å². The van der Waals surface area contributed by atoms with Gasteiger partial charge in [0.1, 0.15) is 11.3 Å². The van der Waals surface area contributed by atoms with Gasteiger partial charge in [-0.3, -0.25) is 4.79 Å². The van der Waals surface area contributed by atoms with Gasteiger partial charge in [0, 0.05) is 19.5 Å². The van der Waals surface area contributed by atoms with Crippen LogP contribution in [0, 0.1) is 0 Å². The molecule has 1 amide bonds. The number of aromatic hydroxyl groups is 1. The van der Waals surface area contributed by atoms with Crippen LogP contribution in [0.15, 0.2) is 23.1 Å². The van der Waals surface area contributed by atoms with Crippen molar-refractivity contribution in [1.29, 1.82) is 0 Å². The molecule has 1 saturated heterocycles. The SMILES string of the molecule is CS(=O)(=O)c1ccc(O)c(NC(=O)C2(N)CCOCC2)c1. The van der Waals surface area contributed by atoms with Gasteiger partial charge in [-0.05, 0) is 31.0 Å². The molecular weight excluding hydrogens is 296 g/mol. The van der Waals surface area contributed by atoms with E-state index in [-0.39, 0.29) is 16.3 Å². The number of amides is 1. The molecule has 1 aromatic carbocycles. The summed E-state index contributed by atoms with van der Waals surface area (Å²) in [6.45, 7) is 0.776. The van der Waals surface area contributed by atoms with Gasteiger partial charge in [-0.15, -0.1) is 0 Å². The number of benzene rings is 1. The smallest absolute Gasteiger partial charge is 0.244 e. The number of phenolic OH excluding ortho intramolecular Hbond substituents is 1. The lowest BCUT2D eigenvalue weighted by molar-refractivity contribution is -0.124. The van der Waals surface area contributed by atoms with Gasteiger partial charge in [0.25, 0.3) is 0 Å². The van der Waals surface area contributed by atoms with Gasteiger partial charge < -0.3 is 20.9 Å². The number of hydrogen-bond acceptors (Lipinski definition) is 6. The molecule has 7 nitrogen and oxygen atoms in total. The summed E-state index contributed by atoms with van der Waals surface area (Å²) < 4.78 is 28.2. The normalized spacial score (nSPS) is 18.2. The molecule has 2 rings (SSSR count). The molecule has 1 aliphatic heterocycles. The number of sulfone groups is 1. The van der Waals surface area contributed by atoms with Crippen molar-refractivity contribution in [3.05, 3.63) is 18.2 Å². The Kier molecular flexibility index (Phi) is 4.22. The van der Waals surface area contributed by atoms with Crippen LogP contribution in [0.1, 0.15) is 12.8 Å². The summed E-state index contributed by atoms with van der Waals surface area (Å²) in [5.41, 5.74) is 4.98. The molecule has 0 spiro atoms. The van der Waals surface area contributed by atoms with Crippen LogP contribution >= 0.6 is 0 Å². The van der Waals surface area contributed by atoms with Crippen molar-refractivity contribution in [3.63, 3.8) is 0 Å². The molecule has 4 N–H and O–H groups in total. The molecule has 0 unspecified atom stereocenters. The molecule has 1 aromatic rings. The number of phenols is 1. The topological polar surface area (TPSA) is 119 Å². The Labute approximate surface area is 123 Å². The molecule has 1 fully saturated rings. The lowest BCUT2D eigenvalue weighted by Crippen LogP contribution is -2.54. The van der Waals surface area contributed by atoms with Gasteiger partial charge in [0.15, 0.2) is 9.84 Å². The number of hydrogen-bond donors (Lipinski definition) is 3. The van der Waals surface area contributed by atoms with Crippen molar-refractivity contribution in [2.45, 2.75) is 23.3 Å². The van der Waals surface area contributed by atoms with Crippen molar-refractivity contribution in [1.82, 2.24) is 0 Å². The maximum absolute atomic E-state index is 12.3. The zero-order chi connectivity index (χ0) is 15.7. The highest BCUT2D eigenvalue weighted by molar-refractivity contribution is 7.90. The third-order valence-electron chi connectivity index (χ3n) is 3.48. The summed E-state index contributed by atoms with van der Waals surface area (Å²) in [4.78, 5) is 12.3. The Morgan fingerprint density at radius 2 is 2.00 bits per heavy atom. The summed E-state index contributed by atoms with van der Waals surface area (Å²) >= 11 is 0. The fourth-order valence-electron chi connectivity index (χ4n) is 2.06. The van der Waals surface area contributed by atoms with E-state index in [1.165, 1.54) is 18.2 Å². The molecule has 0 aliphatic carbocycles. The molecule has 8 heteroatoms. The second-order valence-electron chi connectivity index (χ2n) is 5.17. The van der Waals surface area contributed by atoms with Crippen LogP contribution in [0.25, 0.3) is 0 Å². The van der Waals surface area contributed by atoms with E-state index in [9.17, 15) is 18.3 Å². The minimum atomic E-state index is -3.43. The molecule has 116 valence electrons. The zero-order valence-electron chi connectivity index (χ0n) is 11.6. The van der Waals surface area contributed by atoms with Crippen LogP contribution in [0.3, 0.4) is 0 Å². The highest BCUT2D eigenvalue weighted by Crippen LogP contribution is 2.28. The van der Waals surface area contributed by atoms with Crippen molar-refractivity contribution < 1.29 is 23.1 Å². The lowest BCUT2D eigenvalue weighted by Gasteiger charge is -2.31. The molecule has 0 radical (unpaired) electrons. The summed E-state index contributed by atoms with van der Waals surface area (Å²) in [6.07, 6.45) is 1.78. The Hall–Kier alpha value is -1.64. The third kappa shape index (κ3) is 3.52. The van der Waals surface area contributed by atoms with Crippen LogP contribution in [0.4, 0.5) is 5.69 Å². The zero-order valence-corrected chi connectivity index (χ0v) is 12.4. The Balaban J connectivity index is 2.24. The predicted octanol–water partition coefficient (Wildman–Crippen LogP) is 0.242. The highest BCUT2D eigenvalue weighted by Gasteiger charge is 2.36. The first-order chi connectivity index (χ1) is 9.72. The molecule has 0 aromatic heterocycles. The quantitative estimate of drug-likeness (QED) is 0.688. The standard InChI is InChI=1S/C13H18N2O5S/c1-21(18,19)9-2-3-11(16)10(8-9)15-12(17)13(14)4-6-20-7-5-13/h2-3,8,16H,4-7,14H2,1H3,(H,15,17). The summed E-state index contributed by atoms with van der Waals surface area (Å²) in [5.74, 6) is -0.682. The number of carbonyl (C=O) groups excluding carboxylic acids is 1. The van der Waals surface area contributed by atoms with E-state index in [1.54, 1.807) is 0 Å². The van der Waals surface area contributed by atoms with Gasteiger partial charge >= 0.3 is 0 Å². The van der Waals surface area contributed by atoms with Gasteiger partial charge in [-0.25, -0.2) is 8.42 Å². The predicted molar refractivity (Wildman–Crippen MR) is 76.8 cm³/mol. The van der Waals surface area contributed by atoms with Crippen LogP contribution in [0.2, 0.25) is 0 Å². The van der Waals surface area contributed by atoms with Crippen LogP contribution in [-0.4, -0.2) is 44.4 Å². The van der Waals surface area contributed by atoms with E-state index in [1.807, 2.05) is 0 Å². The first-order valence-electron chi connectivity index (χ1n) is 6.43. The largest absolute Gasteiger partial charge is 0.506 e. The molecule has 0 saturated carbocycles. The van der Waals surface area contributed by atoms with Gasteiger partial charge in [-0.2, -0.15) is 0 Å². The van der Waals surface area contributed by atoms with Gasteiger partial charge in [0.2, 0.25) is 5.91 Å². The fraction of sp³-hybridized carbons (Fsp3) is 0.462. The van der Waals surface area contributed by atoms with E-state index < -0.39 is 21.3 Å². The highest BCUT2D eigenvalue weighted by atomic mass is 32.2. The van der Waals surface area contributed by atoms with Crippen LogP contribution in [-0.2, 0) is 19.4 Å². The second kappa shape index (κ2) is 5.63. The lowest BCUT2D eigenvalue weighted by atomic mass is 9.90. The Bertz CT molecular complexity index is 651. The minimum Gasteiger partial charge on any atom is -0.506 e. The molecule has 1 heterocycles. The number of nitrogens with one attached hydrogen (secondary N) is 1. The van der Waals surface area contributed by atoms with Crippen molar-refractivity contribution in [2.24, 2.45) is 5.73 Å².